The van der Waals surface area contributed by atoms with E-state index in [4.69, 9.17) is 11.6 Å². The molecule has 36 heavy (non-hydrogen) atoms. The van der Waals surface area contributed by atoms with Crippen LogP contribution in [0.5, 0.6) is 0 Å². The Morgan fingerprint density at radius 2 is 1.83 bits per heavy atom. The van der Waals surface area contributed by atoms with Crippen LogP contribution in [0.3, 0.4) is 0 Å². The number of amides is 1. The number of carbonyl (C=O) groups excluding carboxylic acids is 1. The highest BCUT2D eigenvalue weighted by molar-refractivity contribution is 6.31. The van der Waals surface area contributed by atoms with Gasteiger partial charge in [0.15, 0.2) is 0 Å². The van der Waals surface area contributed by atoms with E-state index >= 15 is 0 Å². The first-order chi connectivity index (χ1) is 17.2. The van der Waals surface area contributed by atoms with Crippen LogP contribution in [-0.4, -0.2) is 53.1 Å². The summed E-state index contributed by atoms with van der Waals surface area (Å²) < 4.78 is 1.51. The molecule has 1 fully saturated rings. The molecule has 7 nitrogen and oxygen atoms in total. The molecule has 1 saturated carbocycles. The van der Waals surface area contributed by atoms with Crippen LogP contribution in [0.25, 0.3) is 5.52 Å². The lowest BCUT2D eigenvalue weighted by atomic mass is 9.89. The van der Waals surface area contributed by atoms with Gasteiger partial charge in [0.2, 0.25) is 0 Å². The molecule has 1 aliphatic rings. The van der Waals surface area contributed by atoms with Crippen molar-refractivity contribution in [2.45, 2.75) is 71.5 Å². The van der Waals surface area contributed by atoms with E-state index in [1.54, 1.807) is 12.3 Å². The van der Waals surface area contributed by atoms with Crippen LogP contribution in [-0.2, 0) is 13.0 Å². The highest BCUT2D eigenvalue weighted by Crippen LogP contribution is 2.34. The second kappa shape index (κ2) is 11.1. The largest absolute Gasteiger partial charge is 0.369 e. The molecular formula is C28H38ClN5O2. The zero-order valence-electron chi connectivity index (χ0n) is 22.0. The summed E-state index contributed by atoms with van der Waals surface area (Å²) in [5.74, 6) is -0.221. The van der Waals surface area contributed by atoms with Gasteiger partial charge in [0, 0.05) is 53.2 Å². The Bertz CT molecular complexity index is 1290. The van der Waals surface area contributed by atoms with Gasteiger partial charge in [0.1, 0.15) is 0 Å². The first-order valence-electron chi connectivity index (χ1n) is 13.0. The minimum absolute atomic E-state index is 0.136. The number of nitrogens with one attached hydrogen (secondary N) is 2. The Morgan fingerprint density at radius 3 is 2.47 bits per heavy atom. The maximum atomic E-state index is 13.4. The van der Waals surface area contributed by atoms with Crippen LogP contribution in [0.15, 0.2) is 35.3 Å². The Balaban J connectivity index is 1.57. The quantitative estimate of drug-likeness (QED) is 0.456. The van der Waals surface area contributed by atoms with Gasteiger partial charge in [-0.3, -0.25) is 14.7 Å². The summed E-state index contributed by atoms with van der Waals surface area (Å²) in [6.07, 6.45) is 7.03. The molecule has 1 amide bonds. The predicted molar refractivity (Wildman–Crippen MR) is 148 cm³/mol. The molecular weight excluding hydrogens is 474 g/mol. The van der Waals surface area contributed by atoms with Gasteiger partial charge in [-0.1, -0.05) is 18.5 Å². The fourth-order valence-electron chi connectivity index (χ4n) is 5.65. The third-order valence-electron chi connectivity index (χ3n) is 7.77. The summed E-state index contributed by atoms with van der Waals surface area (Å²) in [7, 11) is 4.31. The van der Waals surface area contributed by atoms with E-state index in [1.165, 1.54) is 17.4 Å². The van der Waals surface area contributed by atoms with Crippen molar-refractivity contribution in [2.24, 2.45) is 0 Å². The summed E-state index contributed by atoms with van der Waals surface area (Å²) in [6, 6.07) is 8.63. The number of halogens is 1. The van der Waals surface area contributed by atoms with E-state index < -0.39 is 0 Å². The summed E-state index contributed by atoms with van der Waals surface area (Å²) in [4.78, 5) is 31.1. The first kappa shape index (κ1) is 26.3. The van der Waals surface area contributed by atoms with Gasteiger partial charge >= 0.3 is 0 Å². The molecule has 0 spiro atoms. The molecule has 0 unspecified atom stereocenters. The van der Waals surface area contributed by atoms with Gasteiger partial charge < -0.3 is 15.1 Å². The number of H-pyrrole nitrogens is 1. The summed E-state index contributed by atoms with van der Waals surface area (Å²) in [5.41, 5.74) is 4.71. The Hall–Kier alpha value is -2.77. The van der Waals surface area contributed by atoms with Crippen molar-refractivity contribution in [3.63, 3.8) is 0 Å². The van der Waals surface area contributed by atoms with E-state index in [0.717, 1.165) is 41.7 Å². The van der Waals surface area contributed by atoms with Crippen molar-refractivity contribution in [2.75, 3.05) is 25.5 Å². The number of aromatic amines is 1. The van der Waals surface area contributed by atoms with Crippen LogP contribution in [0.2, 0.25) is 5.02 Å². The average molecular weight is 512 g/mol. The lowest BCUT2D eigenvalue weighted by Crippen LogP contribution is -2.42. The number of aromatic nitrogens is 2. The Morgan fingerprint density at radius 1 is 1.14 bits per heavy atom. The smallest absolute Gasteiger partial charge is 0.274 e. The number of aryl methyl sites for hydroxylation is 1. The molecule has 0 atom stereocenters. The summed E-state index contributed by atoms with van der Waals surface area (Å²) in [6.45, 7) is 7.19. The molecule has 1 aliphatic carbocycles. The highest BCUT2D eigenvalue weighted by Gasteiger charge is 2.28. The lowest BCUT2D eigenvalue weighted by molar-refractivity contribution is 0.0950. The zero-order chi connectivity index (χ0) is 26.0. The first-order valence-corrected chi connectivity index (χ1v) is 13.3. The third-order valence-corrected chi connectivity index (χ3v) is 7.99. The van der Waals surface area contributed by atoms with Crippen LogP contribution < -0.4 is 15.8 Å². The van der Waals surface area contributed by atoms with Crippen LogP contribution in [0, 0.1) is 6.92 Å². The maximum absolute atomic E-state index is 13.4. The molecule has 0 bridgehead atoms. The van der Waals surface area contributed by atoms with E-state index in [2.05, 4.69) is 41.2 Å². The third kappa shape index (κ3) is 5.18. The lowest BCUT2D eigenvalue weighted by Gasteiger charge is -2.40. The average Bonchev–Trinajstić information content (AvgIpc) is 3.34. The monoisotopic (exact) mass is 511 g/mol. The van der Waals surface area contributed by atoms with Gasteiger partial charge in [-0.05, 0) is 95.4 Å². The van der Waals surface area contributed by atoms with Crippen molar-refractivity contribution in [3.05, 3.63) is 68.1 Å². The van der Waals surface area contributed by atoms with E-state index in [0.29, 0.717) is 34.7 Å². The second-order valence-corrected chi connectivity index (χ2v) is 10.5. The minimum atomic E-state index is -0.221. The normalized spacial score (nSPS) is 18.1. The number of carbonyl (C=O) groups is 1. The Kier molecular flexibility index (Phi) is 8.10. The SMILES string of the molecule is CCc1cc2cc[nH]n2c(=O)c1CNC(=O)c1cc(Cl)cc(N(CC)C2CCC(N(C)C)CC2)c1C. The van der Waals surface area contributed by atoms with Crippen LogP contribution in [0.4, 0.5) is 5.69 Å². The zero-order valence-corrected chi connectivity index (χ0v) is 22.8. The van der Waals surface area contributed by atoms with Crippen LogP contribution >= 0.6 is 11.6 Å². The highest BCUT2D eigenvalue weighted by atomic mass is 35.5. The number of fused-ring (bicyclic) bond motifs is 1. The number of hydrogen-bond acceptors (Lipinski definition) is 4. The molecule has 1 aromatic carbocycles. The summed E-state index contributed by atoms with van der Waals surface area (Å²) >= 11 is 6.54. The van der Waals surface area contributed by atoms with E-state index in [1.807, 2.05) is 32.0 Å². The van der Waals surface area contributed by atoms with E-state index in [-0.39, 0.29) is 18.0 Å². The number of rotatable bonds is 8. The van der Waals surface area contributed by atoms with Gasteiger partial charge in [-0.15, -0.1) is 0 Å². The summed E-state index contributed by atoms with van der Waals surface area (Å²) in [5, 5.41) is 6.48. The van der Waals surface area contributed by atoms with Gasteiger partial charge in [-0.25, -0.2) is 4.52 Å². The number of pyridine rings is 1. The molecule has 2 heterocycles. The van der Waals surface area contributed by atoms with Gasteiger partial charge in [-0.2, -0.15) is 0 Å². The standard InChI is InChI=1S/C28H38ClN5O2/c1-6-19-14-23-12-13-31-34(23)28(36)25(19)17-30-27(35)24-15-20(29)16-26(18(24)3)33(7-2)22-10-8-21(9-11-22)32(4)5/h12-16,21-22,31H,6-11,17H2,1-5H3,(H,30,35). The second-order valence-electron chi connectivity index (χ2n) is 10.0. The Labute approximate surface area is 218 Å². The van der Waals surface area contributed by atoms with Crippen molar-refractivity contribution in [1.82, 2.24) is 19.8 Å². The maximum Gasteiger partial charge on any atom is 0.274 e. The van der Waals surface area contributed by atoms with Crippen molar-refractivity contribution in [3.8, 4) is 0 Å². The fraction of sp³-hybridized carbons (Fsp3) is 0.500. The minimum Gasteiger partial charge on any atom is -0.369 e. The van der Waals surface area contributed by atoms with Crippen molar-refractivity contribution < 1.29 is 4.79 Å². The van der Waals surface area contributed by atoms with Crippen molar-refractivity contribution >= 4 is 28.7 Å². The molecule has 8 heteroatoms. The number of anilines is 1. The van der Waals surface area contributed by atoms with Crippen LogP contribution in [0.1, 0.15) is 66.6 Å². The predicted octanol–water partition coefficient (Wildman–Crippen LogP) is 4.78. The van der Waals surface area contributed by atoms with Crippen molar-refractivity contribution in [1.29, 1.82) is 0 Å². The molecule has 3 aromatic rings. The molecule has 4 rings (SSSR count). The molecule has 0 saturated heterocycles. The van der Waals surface area contributed by atoms with Gasteiger partial charge in [0.25, 0.3) is 11.5 Å². The molecule has 194 valence electrons. The molecule has 2 aromatic heterocycles. The molecule has 0 aliphatic heterocycles. The molecule has 0 radical (unpaired) electrons. The fourth-order valence-corrected chi connectivity index (χ4v) is 5.86. The number of nitrogens with zero attached hydrogens (tertiary/aromatic N) is 3. The van der Waals surface area contributed by atoms with Gasteiger partial charge in [0.05, 0.1) is 5.52 Å². The molecule has 2 N–H and O–H groups in total. The van der Waals surface area contributed by atoms with E-state index in [9.17, 15) is 9.59 Å². The topological polar surface area (TPSA) is 72.8 Å². The number of benzene rings is 1. The number of hydrogen-bond donors (Lipinski definition) is 2.